The molecule has 0 unspecified atom stereocenters. The summed E-state index contributed by atoms with van der Waals surface area (Å²) in [4.78, 5) is 16.0. The molecule has 27 heavy (non-hydrogen) atoms. The van der Waals surface area contributed by atoms with Gasteiger partial charge in [0.05, 0.1) is 52.4 Å². The third-order valence-corrected chi connectivity index (χ3v) is 3.43. The highest BCUT2D eigenvalue weighted by Gasteiger charge is 2.12. The molecule has 0 bridgehead atoms. The first-order chi connectivity index (χ1) is 13.0. The number of carbonyl (C=O) groups is 1. The van der Waals surface area contributed by atoms with Crippen molar-refractivity contribution in [3.8, 4) is 5.75 Å². The molecule has 1 aromatic rings. The van der Waals surface area contributed by atoms with Crippen LogP contribution in [0.5, 0.6) is 5.75 Å². The van der Waals surface area contributed by atoms with Gasteiger partial charge >= 0.3 is 0 Å². The number of Topliss-reactive ketones (excluding diaryl/α,β-unsaturated/α-hetero) is 1. The second-order valence-corrected chi connectivity index (χ2v) is 6.50. The maximum Gasteiger partial charge on any atom is 0.183 e. The molecule has 1 heterocycles. The van der Waals surface area contributed by atoms with Crippen molar-refractivity contribution < 1.29 is 28.5 Å². The predicted octanol–water partition coefficient (Wildman–Crippen LogP) is 2.77. The van der Waals surface area contributed by atoms with Crippen LogP contribution in [-0.2, 0) is 18.9 Å². The zero-order chi connectivity index (χ0) is 19.9. The fourth-order valence-corrected chi connectivity index (χ4v) is 2.03. The van der Waals surface area contributed by atoms with Gasteiger partial charge in [0.1, 0.15) is 18.1 Å². The zero-order valence-corrected chi connectivity index (χ0v) is 16.9. The number of pyridine rings is 1. The van der Waals surface area contributed by atoms with Crippen LogP contribution in [0.15, 0.2) is 18.3 Å². The molecular formula is C20H33NO6. The standard InChI is InChI=1S/C20H33NO6/c1-16(2)20(22)19-15-18(5-6-21-19)27-14-12-25-10-8-23-7-9-24-11-13-26-17(3)4/h5-6,15-17H,7-14H2,1-4H3. The van der Waals surface area contributed by atoms with E-state index in [1.807, 2.05) is 27.7 Å². The molecule has 0 spiro atoms. The highest BCUT2D eigenvalue weighted by Crippen LogP contribution is 2.14. The normalized spacial score (nSPS) is 11.3. The number of carbonyl (C=O) groups excluding carboxylic acids is 1. The highest BCUT2D eigenvalue weighted by molar-refractivity contribution is 5.95. The third-order valence-electron chi connectivity index (χ3n) is 3.43. The van der Waals surface area contributed by atoms with Crippen LogP contribution in [0, 0.1) is 5.92 Å². The average Bonchev–Trinajstić information content (AvgIpc) is 2.64. The van der Waals surface area contributed by atoms with Gasteiger partial charge < -0.3 is 23.7 Å². The first kappa shape index (κ1) is 23.5. The summed E-state index contributed by atoms with van der Waals surface area (Å²) in [6.45, 7) is 11.8. The molecule has 0 saturated carbocycles. The summed E-state index contributed by atoms with van der Waals surface area (Å²) in [5, 5.41) is 0. The number of nitrogens with zero attached hydrogens (tertiary/aromatic N) is 1. The number of hydrogen-bond acceptors (Lipinski definition) is 7. The third kappa shape index (κ3) is 11.7. The molecule has 0 fully saturated rings. The summed E-state index contributed by atoms with van der Waals surface area (Å²) in [6.07, 6.45) is 1.81. The van der Waals surface area contributed by atoms with Crippen molar-refractivity contribution in [2.24, 2.45) is 5.92 Å². The molecule has 0 atom stereocenters. The van der Waals surface area contributed by atoms with Crippen molar-refractivity contribution in [3.63, 3.8) is 0 Å². The van der Waals surface area contributed by atoms with Crippen LogP contribution < -0.4 is 4.74 Å². The van der Waals surface area contributed by atoms with Crippen molar-refractivity contribution in [3.05, 3.63) is 24.0 Å². The molecule has 0 aliphatic carbocycles. The topological polar surface area (TPSA) is 76.1 Å². The Balaban J connectivity index is 1.97. The molecule has 1 rings (SSSR count). The van der Waals surface area contributed by atoms with Crippen molar-refractivity contribution in [1.29, 1.82) is 0 Å². The van der Waals surface area contributed by atoms with Crippen LogP contribution in [0.3, 0.4) is 0 Å². The van der Waals surface area contributed by atoms with E-state index in [-0.39, 0.29) is 17.8 Å². The minimum Gasteiger partial charge on any atom is -0.491 e. The predicted molar refractivity (Wildman–Crippen MR) is 102 cm³/mol. The van der Waals surface area contributed by atoms with Crippen LogP contribution in [0.2, 0.25) is 0 Å². The largest absolute Gasteiger partial charge is 0.491 e. The summed E-state index contributed by atoms with van der Waals surface area (Å²) in [5.41, 5.74) is 0.426. The fourth-order valence-electron chi connectivity index (χ4n) is 2.03. The van der Waals surface area contributed by atoms with E-state index >= 15 is 0 Å². The van der Waals surface area contributed by atoms with Gasteiger partial charge in [0, 0.05) is 18.2 Å². The van der Waals surface area contributed by atoms with E-state index in [0.717, 1.165) is 0 Å². The smallest absolute Gasteiger partial charge is 0.183 e. The van der Waals surface area contributed by atoms with Crippen molar-refractivity contribution >= 4 is 5.78 Å². The van der Waals surface area contributed by atoms with Crippen molar-refractivity contribution in [2.45, 2.75) is 33.8 Å². The first-order valence-corrected chi connectivity index (χ1v) is 9.48. The van der Waals surface area contributed by atoms with Crippen LogP contribution in [0.4, 0.5) is 0 Å². The van der Waals surface area contributed by atoms with Gasteiger partial charge in [0.15, 0.2) is 5.78 Å². The molecule has 0 aliphatic rings. The number of ether oxygens (including phenoxy) is 5. The van der Waals surface area contributed by atoms with Gasteiger partial charge in [-0.05, 0) is 19.9 Å². The van der Waals surface area contributed by atoms with Gasteiger partial charge in [-0.1, -0.05) is 13.8 Å². The number of rotatable bonds is 16. The summed E-state index contributed by atoms with van der Waals surface area (Å²) in [7, 11) is 0. The molecule has 1 aromatic heterocycles. The number of hydrogen-bond donors (Lipinski definition) is 0. The molecule has 0 aromatic carbocycles. The van der Waals surface area contributed by atoms with Gasteiger partial charge in [-0.2, -0.15) is 0 Å². The minimum atomic E-state index is -0.0881. The van der Waals surface area contributed by atoms with Crippen LogP contribution in [0.1, 0.15) is 38.2 Å². The van der Waals surface area contributed by atoms with Gasteiger partial charge in [-0.3, -0.25) is 9.78 Å². The van der Waals surface area contributed by atoms with E-state index in [1.54, 1.807) is 18.3 Å². The molecule has 7 heteroatoms. The fraction of sp³-hybridized carbons (Fsp3) is 0.700. The average molecular weight is 383 g/mol. The second kappa shape index (κ2) is 14.5. The van der Waals surface area contributed by atoms with E-state index in [4.69, 9.17) is 23.7 Å². The Morgan fingerprint density at radius 3 is 2.00 bits per heavy atom. The Bertz CT molecular complexity index is 521. The van der Waals surface area contributed by atoms with Gasteiger partial charge in [-0.25, -0.2) is 0 Å². The van der Waals surface area contributed by atoms with E-state index in [0.29, 0.717) is 64.3 Å². The first-order valence-electron chi connectivity index (χ1n) is 9.48. The lowest BCUT2D eigenvalue weighted by Crippen LogP contribution is -2.14. The Morgan fingerprint density at radius 1 is 0.889 bits per heavy atom. The molecule has 154 valence electrons. The lowest BCUT2D eigenvalue weighted by Gasteiger charge is -2.10. The van der Waals surface area contributed by atoms with Gasteiger partial charge in [-0.15, -0.1) is 0 Å². The van der Waals surface area contributed by atoms with Gasteiger partial charge in [0.2, 0.25) is 0 Å². The molecule has 0 radical (unpaired) electrons. The number of aromatic nitrogens is 1. The van der Waals surface area contributed by atoms with Crippen molar-refractivity contribution in [1.82, 2.24) is 4.98 Å². The van der Waals surface area contributed by atoms with Crippen LogP contribution >= 0.6 is 0 Å². The maximum atomic E-state index is 11.9. The monoisotopic (exact) mass is 383 g/mol. The molecule has 0 amide bonds. The Morgan fingerprint density at radius 2 is 1.44 bits per heavy atom. The second-order valence-electron chi connectivity index (χ2n) is 6.50. The van der Waals surface area contributed by atoms with Crippen molar-refractivity contribution in [2.75, 3.05) is 52.9 Å². The Kier molecular flexibility index (Phi) is 12.6. The van der Waals surface area contributed by atoms with E-state index in [2.05, 4.69) is 4.98 Å². The SMILES string of the molecule is CC(C)OCCOCCOCCOCCOc1ccnc(C(=O)C(C)C)c1. The summed E-state index contributed by atoms with van der Waals surface area (Å²) in [5.74, 6) is 0.535. The Labute approximate surface area is 162 Å². The minimum absolute atomic E-state index is 0.00489. The lowest BCUT2D eigenvalue weighted by molar-refractivity contribution is -0.0134. The Hall–Kier alpha value is -1.54. The van der Waals surface area contributed by atoms with Crippen LogP contribution in [-0.4, -0.2) is 69.7 Å². The quantitative estimate of drug-likeness (QED) is 0.321. The van der Waals surface area contributed by atoms with Gasteiger partial charge in [0.25, 0.3) is 0 Å². The van der Waals surface area contributed by atoms with E-state index in [1.165, 1.54) is 0 Å². The highest BCUT2D eigenvalue weighted by atomic mass is 16.6. The van der Waals surface area contributed by atoms with E-state index in [9.17, 15) is 4.79 Å². The number of ketones is 1. The summed E-state index contributed by atoms with van der Waals surface area (Å²) >= 11 is 0. The van der Waals surface area contributed by atoms with Crippen LogP contribution in [0.25, 0.3) is 0 Å². The lowest BCUT2D eigenvalue weighted by atomic mass is 10.1. The maximum absolute atomic E-state index is 11.9. The zero-order valence-electron chi connectivity index (χ0n) is 16.9. The molecular weight excluding hydrogens is 350 g/mol. The van der Waals surface area contributed by atoms with E-state index < -0.39 is 0 Å². The molecule has 0 saturated heterocycles. The summed E-state index contributed by atoms with van der Waals surface area (Å²) < 4.78 is 27.2. The summed E-state index contributed by atoms with van der Waals surface area (Å²) in [6, 6.07) is 3.39. The molecule has 0 aliphatic heterocycles. The molecule has 7 nitrogen and oxygen atoms in total. The molecule has 0 N–H and O–H groups in total.